The Bertz CT molecular complexity index is 328. The van der Waals surface area contributed by atoms with Gasteiger partial charge in [-0.3, -0.25) is 0 Å². The summed E-state index contributed by atoms with van der Waals surface area (Å²) >= 11 is 0. The Hall–Kier alpha value is -0.160. The normalized spacial score (nSPS) is 14.7. The lowest BCUT2D eigenvalue weighted by molar-refractivity contribution is 0.152. The molecule has 0 rings (SSSR count). The number of hydrogen-bond acceptors (Lipinski definition) is 4. The molecule has 0 radical (unpaired) electrons. The molecular formula is C26H56N2O2. The molecule has 0 heterocycles. The van der Waals surface area contributed by atoms with Crippen LogP contribution in [0.4, 0.5) is 0 Å². The molecule has 3 atom stereocenters. The molecule has 4 nitrogen and oxygen atoms in total. The minimum atomic E-state index is -0.222. The number of hydrogen-bond donors (Lipinski definition) is 4. The minimum absolute atomic E-state index is 0.215. The fraction of sp³-hybridized carbons (Fsp3) is 1.00. The SMILES string of the molecule is CCCCCCCCCC(O)CNCCC(C)NCC(O)CCCCCCCCC. The van der Waals surface area contributed by atoms with Gasteiger partial charge < -0.3 is 20.8 Å². The third-order valence-electron chi connectivity index (χ3n) is 6.12. The van der Waals surface area contributed by atoms with Crippen molar-refractivity contribution in [2.75, 3.05) is 19.6 Å². The van der Waals surface area contributed by atoms with Crippen LogP contribution in [0.5, 0.6) is 0 Å². The Labute approximate surface area is 189 Å². The van der Waals surface area contributed by atoms with Crippen molar-refractivity contribution < 1.29 is 10.2 Å². The van der Waals surface area contributed by atoms with E-state index in [-0.39, 0.29) is 12.2 Å². The Kier molecular flexibility index (Phi) is 23.4. The van der Waals surface area contributed by atoms with Crippen LogP contribution in [0.2, 0.25) is 0 Å². The molecule has 0 aromatic rings. The van der Waals surface area contributed by atoms with Gasteiger partial charge in [-0.25, -0.2) is 0 Å². The second kappa shape index (κ2) is 23.5. The largest absolute Gasteiger partial charge is 0.392 e. The van der Waals surface area contributed by atoms with Crippen LogP contribution in [0.1, 0.15) is 130 Å². The number of aliphatic hydroxyl groups excluding tert-OH is 2. The van der Waals surface area contributed by atoms with Crippen molar-refractivity contribution in [3.8, 4) is 0 Å². The van der Waals surface area contributed by atoms with Gasteiger partial charge in [0.2, 0.25) is 0 Å². The Balaban J connectivity index is 3.41. The van der Waals surface area contributed by atoms with Crippen LogP contribution in [0.15, 0.2) is 0 Å². The highest BCUT2D eigenvalue weighted by Crippen LogP contribution is 2.10. The van der Waals surface area contributed by atoms with Gasteiger partial charge in [-0.15, -0.1) is 0 Å². The number of aliphatic hydroxyl groups is 2. The summed E-state index contributed by atoms with van der Waals surface area (Å²) in [6.45, 7) is 8.98. The summed E-state index contributed by atoms with van der Waals surface area (Å²) in [4.78, 5) is 0. The van der Waals surface area contributed by atoms with Gasteiger partial charge in [-0.2, -0.15) is 0 Å². The Morgan fingerprint density at radius 2 is 1.00 bits per heavy atom. The molecule has 0 aromatic heterocycles. The Morgan fingerprint density at radius 3 is 1.50 bits per heavy atom. The van der Waals surface area contributed by atoms with Crippen molar-refractivity contribution in [2.45, 2.75) is 148 Å². The van der Waals surface area contributed by atoms with Crippen LogP contribution < -0.4 is 10.6 Å². The maximum atomic E-state index is 10.1. The average Bonchev–Trinajstić information content (AvgIpc) is 2.74. The first-order valence-corrected chi connectivity index (χ1v) is 13.4. The van der Waals surface area contributed by atoms with E-state index >= 15 is 0 Å². The molecule has 0 spiro atoms. The molecule has 30 heavy (non-hydrogen) atoms. The van der Waals surface area contributed by atoms with Gasteiger partial charge in [0, 0.05) is 19.1 Å². The van der Waals surface area contributed by atoms with Gasteiger partial charge in [0.25, 0.3) is 0 Å². The quantitative estimate of drug-likeness (QED) is 0.143. The molecule has 0 saturated heterocycles. The van der Waals surface area contributed by atoms with E-state index in [4.69, 9.17) is 0 Å². The maximum absolute atomic E-state index is 10.1. The topological polar surface area (TPSA) is 64.5 Å². The predicted octanol–water partition coefficient (Wildman–Crippen LogP) is 5.95. The number of nitrogens with one attached hydrogen (secondary N) is 2. The van der Waals surface area contributed by atoms with Gasteiger partial charge in [0.1, 0.15) is 0 Å². The van der Waals surface area contributed by atoms with Crippen molar-refractivity contribution in [3.63, 3.8) is 0 Å². The molecule has 0 amide bonds. The summed E-state index contributed by atoms with van der Waals surface area (Å²) in [6, 6.07) is 0.390. The third kappa shape index (κ3) is 22.5. The molecule has 0 aliphatic heterocycles. The van der Waals surface area contributed by atoms with Crippen molar-refractivity contribution in [2.24, 2.45) is 0 Å². The lowest BCUT2D eigenvalue weighted by Crippen LogP contribution is -2.36. The lowest BCUT2D eigenvalue weighted by atomic mass is 10.1. The van der Waals surface area contributed by atoms with Crippen molar-refractivity contribution in [3.05, 3.63) is 0 Å². The van der Waals surface area contributed by atoms with Gasteiger partial charge in [-0.1, -0.05) is 104 Å². The van der Waals surface area contributed by atoms with E-state index < -0.39 is 0 Å². The summed E-state index contributed by atoms with van der Waals surface area (Å²) in [5.74, 6) is 0. The average molecular weight is 429 g/mol. The molecule has 0 saturated carbocycles. The summed E-state index contributed by atoms with van der Waals surface area (Å²) < 4.78 is 0. The van der Waals surface area contributed by atoms with E-state index in [0.29, 0.717) is 19.1 Å². The van der Waals surface area contributed by atoms with Crippen molar-refractivity contribution >= 4 is 0 Å². The first-order chi connectivity index (χ1) is 14.6. The first-order valence-electron chi connectivity index (χ1n) is 13.4. The van der Waals surface area contributed by atoms with Gasteiger partial charge in [0.05, 0.1) is 12.2 Å². The third-order valence-corrected chi connectivity index (χ3v) is 6.12. The van der Waals surface area contributed by atoms with Crippen LogP contribution in [-0.4, -0.2) is 48.1 Å². The predicted molar refractivity (Wildman–Crippen MR) is 132 cm³/mol. The van der Waals surface area contributed by atoms with Crippen LogP contribution in [0, 0.1) is 0 Å². The monoisotopic (exact) mass is 428 g/mol. The van der Waals surface area contributed by atoms with Crippen LogP contribution >= 0.6 is 0 Å². The van der Waals surface area contributed by atoms with Crippen molar-refractivity contribution in [1.82, 2.24) is 10.6 Å². The van der Waals surface area contributed by atoms with E-state index in [2.05, 4.69) is 31.4 Å². The zero-order valence-electron chi connectivity index (χ0n) is 20.8. The smallest absolute Gasteiger partial charge is 0.0664 e. The highest BCUT2D eigenvalue weighted by atomic mass is 16.3. The van der Waals surface area contributed by atoms with E-state index in [9.17, 15) is 10.2 Å². The highest BCUT2D eigenvalue weighted by Gasteiger charge is 2.08. The molecule has 0 fully saturated rings. The summed E-state index contributed by atoms with van der Waals surface area (Å²) in [7, 11) is 0. The fourth-order valence-corrected chi connectivity index (χ4v) is 3.90. The van der Waals surface area contributed by atoms with E-state index in [0.717, 1.165) is 38.6 Å². The number of rotatable bonds is 24. The lowest BCUT2D eigenvalue weighted by Gasteiger charge is -2.18. The summed E-state index contributed by atoms with van der Waals surface area (Å²) in [5.41, 5.74) is 0. The molecule has 0 aliphatic rings. The van der Waals surface area contributed by atoms with E-state index in [1.807, 2.05) is 0 Å². The van der Waals surface area contributed by atoms with E-state index in [1.54, 1.807) is 0 Å². The molecular weight excluding hydrogens is 372 g/mol. The molecule has 0 aromatic carbocycles. The molecule has 4 heteroatoms. The molecule has 182 valence electrons. The number of unbranched alkanes of at least 4 members (excludes halogenated alkanes) is 12. The van der Waals surface area contributed by atoms with Crippen LogP contribution in [0.25, 0.3) is 0 Å². The molecule has 4 N–H and O–H groups in total. The maximum Gasteiger partial charge on any atom is 0.0664 e. The second-order valence-electron chi connectivity index (χ2n) is 9.43. The van der Waals surface area contributed by atoms with Crippen LogP contribution in [-0.2, 0) is 0 Å². The molecule has 3 unspecified atom stereocenters. The fourth-order valence-electron chi connectivity index (χ4n) is 3.90. The molecule has 0 bridgehead atoms. The standard InChI is InChI=1S/C26H56N2O2/c1-4-6-8-10-12-14-16-18-25(29)22-27-21-20-24(3)28-23-26(30)19-17-15-13-11-9-7-5-2/h24-30H,4-23H2,1-3H3. The summed E-state index contributed by atoms with van der Waals surface area (Å²) in [6.07, 6.45) is 20.6. The van der Waals surface area contributed by atoms with E-state index in [1.165, 1.54) is 77.0 Å². The molecule has 0 aliphatic carbocycles. The zero-order chi connectivity index (χ0) is 22.3. The zero-order valence-corrected chi connectivity index (χ0v) is 20.8. The summed E-state index contributed by atoms with van der Waals surface area (Å²) in [5, 5.41) is 27.1. The van der Waals surface area contributed by atoms with Gasteiger partial charge in [0.15, 0.2) is 0 Å². The first kappa shape index (κ1) is 29.8. The van der Waals surface area contributed by atoms with Gasteiger partial charge in [-0.05, 0) is 32.7 Å². The minimum Gasteiger partial charge on any atom is -0.392 e. The van der Waals surface area contributed by atoms with Crippen molar-refractivity contribution in [1.29, 1.82) is 0 Å². The Morgan fingerprint density at radius 1 is 0.567 bits per heavy atom. The highest BCUT2D eigenvalue weighted by molar-refractivity contribution is 4.68. The van der Waals surface area contributed by atoms with Gasteiger partial charge >= 0.3 is 0 Å². The van der Waals surface area contributed by atoms with Crippen LogP contribution in [0.3, 0.4) is 0 Å². The second-order valence-corrected chi connectivity index (χ2v) is 9.43.